The van der Waals surface area contributed by atoms with E-state index in [-0.39, 0.29) is 5.91 Å². The van der Waals surface area contributed by atoms with Crippen molar-refractivity contribution in [2.75, 3.05) is 11.9 Å². The molecule has 1 amide bonds. The van der Waals surface area contributed by atoms with Crippen LogP contribution in [0.4, 0.5) is 5.82 Å². The number of carbonyl (C=O) groups excluding carboxylic acids is 1. The summed E-state index contributed by atoms with van der Waals surface area (Å²) in [5.74, 6) is 0.588. The van der Waals surface area contributed by atoms with Crippen molar-refractivity contribution in [1.29, 1.82) is 0 Å². The molecule has 2 heterocycles. The molecule has 0 atom stereocenters. The number of H-pyrrole nitrogens is 1. The minimum atomic E-state index is -0.120. The Hall–Kier alpha value is -3.44. The van der Waals surface area contributed by atoms with E-state index >= 15 is 0 Å². The third kappa shape index (κ3) is 3.65. The van der Waals surface area contributed by atoms with Gasteiger partial charge in [-0.25, -0.2) is 0 Å². The van der Waals surface area contributed by atoms with E-state index in [2.05, 4.69) is 44.7 Å². The van der Waals surface area contributed by atoms with Gasteiger partial charge in [0.1, 0.15) is 5.82 Å². The Balaban J connectivity index is 1.26. The van der Waals surface area contributed by atoms with Crippen molar-refractivity contribution in [2.24, 2.45) is 0 Å². The van der Waals surface area contributed by atoms with Gasteiger partial charge in [-0.1, -0.05) is 60.7 Å². The van der Waals surface area contributed by atoms with Crippen LogP contribution in [0.15, 0.2) is 72.8 Å². The SMILES string of the molecule is O=C(Nc1[nH]nc2c1CN(CCc1ccccc1)C2)c1ccc2ccccc2c1. The van der Waals surface area contributed by atoms with E-state index in [0.717, 1.165) is 48.1 Å². The average Bonchev–Trinajstić information content (AvgIpc) is 3.34. The first kappa shape index (κ1) is 17.6. The van der Waals surface area contributed by atoms with Gasteiger partial charge in [0.25, 0.3) is 5.91 Å². The van der Waals surface area contributed by atoms with E-state index in [4.69, 9.17) is 0 Å². The summed E-state index contributed by atoms with van der Waals surface area (Å²) in [6.07, 6.45) is 1.01. The summed E-state index contributed by atoms with van der Waals surface area (Å²) in [6, 6.07) is 24.3. The van der Waals surface area contributed by atoms with E-state index in [0.29, 0.717) is 11.4 Å². The molecule has 0 spiro atoms. The number of carbonyl (C=O) groups is 1. The number of rotatable bonds is 5. The Kier molecular flexibility index (Phi) is 4.58. The fraction of sp³-hybridized carbons (Fsp3) is 0.167. The molecule has 1 aliphatic rings. The number of amides is 1. The predicted molar refractivity (Wildman–Crippen MR) is 115 cm³/mol. The highest BCUT2D eigenvalue weighted by Crippen LogP contribution is 2.27. The molecule has 1 aromatic heterocycles. The summed E-state index contributed by atoms with van der Waals surface area (Å²) in [6.45, 7) is 2.58. The van der Waals surface area contributed by atoms with Gasteiger partial charge in [0.2, 0.25) is 0 Å². The molecule has 4 aromatic rings. The van der Waals surface area contributed by atoms with E-state index in [1.807, 2.05) is 48.5 Å². The number of aromatic amines is 1. The maximum Gasteiger partial charge on any atom is 0.256 e. The first-order valence-corrected chi connectivity index (χ1v) is 9.89. The van der Waals surface area contributed by atoms with Crippen LogP contribution in [0.25, 0.3) is 10.8 Å². The minimum Gasteiger partial charge on any atom is -0.307 e. The number of benzene rings is 3. The predicted octanol–water partition coefficient (Wildman–Crippen LogP) is 4.37. The Morgan fingerprint density at radius 2 is 1.76 bits per heavy atom. The zero-order valence-corrected chi connectivity index (χ0v) is 16.1. The van der Waals surface area contributed by atoms with Crippen LogP contribution in [0.2, 0.25) is 0 Å². The van der Waals surface area contributed by atoms with Crippen molar-refractivity contribution in [1.82, 2.24) is 15.1 Å². The molecule has 0 radical (unpaired) electrons. The third-order valence-corrected chi connectivity index (χ3v) is 5.52. The number of hydrogen-bond acceptors (Lipinski definition) is 3. The zero-order chi connectivity index (χ0) is 19.6. The van der Waals surface area contributed by atoms with Crippen LogP contribution in [0, 0.1) is 0 Å². The molecule has 144 valence electrons. The van der Waals surface area contributed by atoms with Gasteiger partial charge in [-0.05, 0) is 34.9 Å². The Labute approximate surface area is 169 Å². The second kappa shape index (κ2) is 7.53. The van der Waals surface area contributed by atoms with Gasteiger partial charge >= 0.3 is 0 Å². The van der Waals surface area contributed by atoms with E-state index in [9.17, 15) is 4.79 Å². The minimum absolute atomic E-state index is 0.120. The molecule has 0 saturated heterocycles. The summed E-state index contributed by atoms with van der Waals surface area (Å²) in [7, 11) is 0. The van der Waals surface area contributed by atoms with Crippen LogP contribution < -0.4 is 5.32 Å². The summed E-state index contributed by atoms with van der Waals surface area (Å²) in [5, 5.41) is 12.6. The largest absolute Gasteiger partial charge is 0.307 e. The van der Waals surface area contributed by atoms with Crippen LogP contribution in [-0.4, -0.2) is 27.5 Å². The zero-order valence-electron chi connectivity index (χ0n) is 16.1. The summed E-state index contributed by atoms with van der Waals surface area (Å²) in [5.41, 5.74) is 4.09. The lowest BCUT2D eigenvalue weighted by Gasteiger charge is -2.15. The van der Waals surface area contributed by atoms with Gasteiger partial charge in [0.15, 0.2) is 0 Å². The molecular formula is C24H22N4O. The summed E-state index contributed by atoms with van der Waals surface area (Å²) < 4.78 is 0. The molecule has 1 aliphatic heterocycles. The highest BCUT2D eigenvalue weighted by molar-refractivity contribution is 6.06. The smallest absolute Gasteiger partial charge is 0.256 e. The third-order valence-electron chi connectivity index (χ3n) is 5.52. The lowest BCUT2D eigenvalue weighted by atomic mass is 10.1. The average molecular weight is 382 g/mol. The summed E-state index contributed by atoms with van der Waals surface area (Å²) in [4.78, 5) is 15.1. The topological polar surface area (TPSA) is 61.0 Å². The number of fused-ring (bicyclic) bond motifs is 2. The fourth-order valence-corrected chi connectivity index (χ4v) is 3.90. The number of hydrogen-bond donors (Lipinski definition) is 2. The Morgan fingerprint density at radius 1 is 0.966 bits per heavy atom. The number of anilines is 1. The standard InChI is InChI=1S/C24H22N4O/c29-24(20-11-10-18-8-4-5-9-19(18)14-20)25-23-21-15-28(16-22(21)26-27-23)13-12-17-6-2-1-3-7-17/h1-11,14H,12-13,15-16H2,(H2,25,26,27,29). The molecule has 0 fully saturated rings. The molecule has 5 nitrogen and oxygen atoms in total. The van der Waals surface area contributed by atoms with Crippen molar-refractivity contribution in [2.45, 2.75) is 19.5 Å². The van der Waals surface area contributed by atoms with Crippen molar-refractivity contribution in [3.8, 4) is 0 Å². The van der Waals surface area contributed by atoms with E-state index in [1.54, 1.807) is 0 Å². The lowest BCUT2D eigenvalue weighted by Crippen LogP contribution is -2.20. The van der Waals surface area contributed by atoms with Crippen LogP contribution in [0.3, 0.4) is 0 Å². The first-order chi connectivity index (χ1) is 14.3. The molecule has 29 heavy (non-hydrogen) atoms. The van der Waals surface area contributed by atoms with Gasteiger partial charge in [0.05, 0.1) is 5.69 Å². The Bertz CT molecular complexity index is 1170. The molecule has 0 unspecified atom stereocenters. The molecule has 0 aliphatic carbocycles. The number of nitrogens with one attached hydrogen (secondary N) is 2. The fourth-order valence-electron chi connectivity index (χ4n) is 3.90. The van der Waals surface area contributed by atoms with Gasteiger partial charge in [-0.3, -0.25) is 14.8 Å². The molecule has 3 aromatic carbocycles. The molecule has 5 rings (SSSR count). The second-order valence-electron chi connectivity index (χ2n) is 7.49. The molecule has 0 bridgehead atoms. The van der Waals surface area contributed by atoms with Gasteiger partial charge in [-0.2, -0.15) is 5.10 Å². The van der Waals surface area contributed by atoms with E-state index < -0.39 is 0 Å². The van der Waals surface area contributed by atoms with Crippen molar-refractivity contribution < 1.29 is 4.79 Å². The Morgan fingerprint density at radius 3 is 2.62 bits per heavy atom. The van der Waals surface area contributed by atoms with Gasteiger partial charge in [-0.15, -0.1) is 0 Å². The van der Waals surface area contributed by atoms with Crippen LogP contribution in [0.1, 0.15) is 27.2 Å². The normalized spacial score (nSPS) is 13.5. The maximum absolute atomic E-state index is 12.8. The number of aromatic nitrogens is 2. The summed E-state index contributed by atoms with van der Waals surface area (Å²) >= 11 is 0. The number of nitrogens with zero attached hydrogens (tertiary/aromatic N) is 2. The first-order valence-electron chi connectivity index (χ1n) is 9.89. The highest BCUT2D eigenvalue weighted by Gasteiger charge is 2.25. The molecular weight excluding hydrogens is 360 g/mol. The lowest BCUT2D eigenvalue weighted by molar-refractivity contribution is 0.102. The van der Waals surface area contributed by atoms with Crippen molar-refractivity contribution in [3.05, 3.63) is 95.2 Å². The van der Waals surface area contributed by atoms with Crippen molar-refractivity contribution in [3.63, 3.8) is 0 Å². The molecule has 0 saturated carbocycles. The monoisotopic (exact) mass is 382 g/mol. The van der Waals surface area contributed by atoms with E-state index in [1.165, 1.54) is 5.56 Å². The van der Waals surface area contributed by atoms with Gasteiger partial charge in [0, 0.05) is 30.8 Å². The van der Waals surface area contributed by atoms with Crippen LogP contribution in [0.5, 0.6) is 0 Å². The molecule has 2 N–H and O–H groups in total. The van der Waals surface area contributed by atoms with Crippen LogP contribution >= 0.6 is 0 Å². The van der Waals surface area contributed by atoms with Crippen LogP contribution in [-0.2, 0) is 19.5 Å². The van der Waals surface area contributed by atoms with Crippen molar-refractivity contribution >= 4 is 22.5 Å². The second-order valence-corrected chi connectivity index (χ2v) is 7.49. The van der Waals surface area contributed by atoms with Gasteiger partial charge < -0.3 is 5.32 Å². The molecule has 5 heteroatoms. The maximum atomic E-state index is 12.8. The highest BCUT2D eigenvalue weighted by atomic mass is 16.1. The quantitative estimate of drug-likeness (QED) is 0.539.